The maximum Gasteiger partial charge on any atom is 0.0469 e. The van der Waals surface area contributed by atoms with Gasteiger partial charge in [-0.25, -0.2) is 0 Å². The van der Waals surface area contributed by atoms with E-state index in [9.17, 15) is 0 Å². The molecule has 0 spiro atoms. The van der Waals surface area contributed by atoms with Crippen molar-refractivity contribution < 1.29 is 4.74 Å². The molecule has 2 nitrogen and oxygen atoms in total. The largest absolute Gasteiger partial charge is 0.381 e. The second-order valence-corrected chi connectivity index (χ2v) is 5.89. The Morgan fingerprint density at radius 3 is 2.74 bits per heavy atom. The Bertz CT molecular complexity index is 405. The lowest BCUT2D eigenvalue weighted by atomic mass is 9.87. The summed E-state index contributed by atoms with van der Waals surface area (Å²) in [6.45, 7) is 4.85. The lowest BCUT2D eigenvalue weighted by Gasteiger charge is -2.32. The molecule has 0 amide bonds. The summed E-state index contributed by atoms with van der Waals surface area (Å²) in [7, 11) is 0. The summed E-state index contributed by atoms with van der Waals surface area (Å²) in [4.78, 5) is 0. The average molecular weight is 302 g/mol. The van der Waals surface area contributed by atoms with Crippen LogP contribution >= 0.6 is 23.2 Å². The molecule has 1 aliphatic heterocycles. The van der Waals surface area contributed by atoms with Crippen LogP contribution in [0, 0.1) is 5.92 Å². The van der Waals surface area contributed by atoms with E-state index in [0.717, 1.165) is 54.6 Å². The van der Waals surface area contributed by atoms with Crippen LogP contribution in [-0.4, -0.2) is 19.8 Å². The zero-order valence-electron chi connectivity index (χ0n) is 11.3. The summed E-state index contributed by atoms with van der Waals surface area (Å²) in [5.74, 6) is 0.566. The SMILES string of the molecule is CCCNC(c1cc(Cl)ccc1Cl)C1CCOCC1. The summed E-state index contributed by atoms with van der Waals surface area (Å²) < 4.78 is 5.46. The molecule has 1 aromatic carbocycles. The number of nitrogens with one attached hydrogen (secondary N) is 1. The van der Waals surface area contributed by atoms with E-state index in [1.807, 2.05) is 18.2 Å². The van der Waals surface area contributed by atoms with Crippen molar-refractivity contribution in [2.45, 2.75) is 32.2 Å². The maximum atomic E-state index is 6.36. The smallest absolute Gasteiger partial charge is 0.0469 e. The molecule has 1 aromatic rings. The zero-order valence-corrected chi connectivity index (χ0v) is 12.8. The fourth-order valence-electron chi connectivity index (χ4n) is 2.63. The van der Waals surface area contributed by atoms with Crippen LogP contribution in [0.1, 0.15) is 37.8 Å². The normalized spacial score (nSPS) is 18.5. The first-order valence-electron chi connectivity index (χ1n) is 6.98. The minimum atomic E-state index is 0.273. The molecule has 1 atom stereocenters. The van der Waals surface area contributed by atoms with Gasteiger partial charge in [-0.15, -0.1) is 0 Å². The molecule has 2 rings (SSSR count). The predicted octanol–water partition coefficient (Wildman–Crippen LogP) is 4.46. The molecule has 0 bridgehead atoms. The monoisotopic (exact) mass is 301 g/mol. The molecule has 1 aliphatic rings. The van der Waals surface area contributed by atoms with Gasteiger partial charge in [-0.05, 0) is 55.5 Å². The Morgan fingerprint density at radius 2 is 2.05 bits per heavy atom. The molecule has 0 radical (unpaired) electrons. The second kappa shape index (κ2) is 7.49. The van der Waals surface area contributed by atoms with Crippen LogP contribution in [0.3, 0.4) is 0 Å². The Balaban J connectivity index is 2.22. The van der Waals surface area contributed by atoms with E-state index in [-0.39, 0.29) is 6.04 Å². The van der Waals surface area contributed by atoms with Crippen LogP contribution < -0.4 is 5.32 Å². The first-order valence-corrected chi connectivity index (χ1v) is 7.74. The average Bonchev–Trinajstić information content (AvgIpc) is 2.44. The van der Waals surface area contributed by atoms with Crippen molar-refractivity contribution in [3.8, 4) is 0 Å². The third-order valence-corrected chi connectivity index (χ3v) is 4.22. The molecule has 0 saturated carbocycles. The van der Waals surface area contributed by atoms with Crippen molar-refractivity contribution in [1.82, 2.24) is 5.32 Å². The van der Waals surface area contributed by atoms with Crippen molar-refractivity contribution in [2.75, 3.05) is 19.8 Å². The highest BCUT2D eigenvalue weighted by Crippen LogP contribution is 2.35. The van der Waals surface area contributed by atoms with Crippen LogP contribution in [-0.2, 0) is 4.74 Å². The molecule has 4 heteroatoms. The number of hydrogen-bond donors (Lipinski definition) is 1. The topological polar surface area (TPSA) is 21.3 Å². The van der Waals surface area contributed by atoms with Crippen molar-refractivity contribution in [1.29, 1.82) is 0 Å². The Labute approximate surface area is 125 Å². The number of benzene rings is 1. The maximum absolute atomic E-state index is 6.36. The Morgan fingerprint density at radius 1 is 1.32 bits per heavy atom. The highest BCUT2D eigenvalue weighted by molar-refractivity contribution is 6.33. The van der Waals surface area contributed by atoms with E-state index in [4.69, 9.17) is 27.9 Å². The fraction of sp³-hybridized carbons (Fsp3) is 0.600. The van der Waals surface area contributed by atoms with Crippen LogP contribution in [0.25, 0.3) is 0 Å². The van der Waals surface area contributed by atoms with Crippen molar-refractivity contribution >= 4 is 23.2 Å². The molecule has 1 saturated heterocycles. The molecule has 1 fully saturated rings. The van der Waals surface area contributed by atoms with Gasteiger partial charge in [0.05, 0.1) is 0 Å². The molecular weight excluding hydrogens is 281 g/mol. The van der Waals surface area contributed by atoms with Gasteiger partial charge >= 0.3 is 0 Å². The highest BCUT2D eigenvalue weighted by Gasteiger charge is 2.26. The summed E-state index contributed by atoms with van der Waals surface area (Å²) in [6.07, 6.45) is 3.26. The first kappa shape index (κ1) is 15.1. The minimum Gasteiger partial charge on any atom is -0.381 e. The first-order chi connectivity index (χ1) is 9.22. The molecule has 1 heterocycles. The minimum absolute atomic E-state index is 0.273. The van der Waals surface area contributed by atoms with E-state index in [1.165, 1.54) is 0 Å². The van der Waals surface area contributed by atoms with Crippen LogP contribution in [0.4, 0.5) is 0 Å². The quantitative estimate of drug-likeness (QED) is 0.867. The number of hydrogen-bond acceptors (Lipinski definition) is 2. The Hall–Kier alpha value is -0.280. The van der Waals surface area contributed by atoms with Gasteiger partial charge in [0.1, 0.15) is 0 Å². The molecule has 19 heavy (non-hydrogen) atoms. The second-order valence-electron chi connectivity index (χ2n) is 5.05. The molecule has 1 N–H and O–H groups in total. The van der Waals surface area contributed by atoms with E-state index in [2.05, 4.69) is 12.2 Å². The Kier molecular flexibility index (Phi) is 5.96. The van der Waals surface area contributed by atoms with Gasteiger partial charge in [-0.3, -0.25) is 0 Å². The van der Waals surface area contributed by atoms with E-state index >= 15 is 0 Å². The molecule has 1 unspecified atom stereocenters. The van der Waals surface area contributed by atoms with Crippen LogP contribution in [0.15, 0.2) is 18.2 Å². The van der Waals surface area contributed by atoms with Gasteiger partial charge in [0.2, 0.25) is 0 Å². The van der Waals surface area contributed by atoms with Gasteiger partial charge in [-0.2, -0.15) is 0 Å². The number of ether oxygens (including phenoxy) is 1. The van der Waals surface area contributed by atoms with Crippen molar-refractivity contribution in [3.05, 3.63) is 33.8 Å². The van der Waals surface area contributed by atoms with Crippen molar-refractivity contribution in [2.24, 2.45) is 5.92 Å². The van der Waals surface area contributed by atoms with E-state index in [0.29, 0.717) is 5.92 Å². The van der Waals surface area contributed by atoms with Gasteiger partial charge in [0.15, 0.2) is 0 Å². The van der Waals surface area contributed by atoms with Gasteiger partial charge in [0, 0.05) is 29.3 Å². The van der Waals surface area contributed by atoms with Crippen LogP contribution in [0.5, 0.6) is 0 Å². The lowest BCUT2D eigenvalue weighted by molar-refractivity contribution is 0.0536. The summed E-state index contributed by atoms with van der Waals surface area (Å²) in [6, 6.07) is 6.00. The lowest BCUT2D eigenvalue weighted by Crippen LogP contribution is -2.32. The summed E-state index contributed by atoms with van der Waals surface area (Å²) in [5, 5.41) is 5.17. The van der Waals surface area contributed by atoms with Gasteiger partial charge < -0.3 is 10.1 Å². The van der Waals surface area contributed by atoms with Gasteiger partial charge in [-0.1, -0.05) is 30.1 Å². The standard InChI is InChI=1S/C15H21Cl2NO/c1-2-7-18-15(11-5-8-19-9-6-11)13-10-12(16)3-4-14(13)17/h3-4,10-11,15,18H,2,5-9H2,1H3. The number of halogens is 2. The third-order valence-electron chi connectivity index (χ3n) is 3.64. The molecule has 106 valence electrons. The summed E-state index contributed by atoms with van der Waals surface area (Å²) >= 11 is 12.5. The molecule has 0 aromatic heterocycles. The van der Waals surface area contributed by atoms with Crippen LogP contribution in [0.2, 0.25) is 10.0 Å². The zero-order chi connectivity index (χ0) is 13.7. The van der Waals surface area contributed by atoms with Gasteiger partial charge in [0.25, 0.3) is 0 Å². The molecular formula is C15H21Cl2NO. The third kappa shape index (κ3) is 4.09. The molecule has 0 aliphatic carbocycles. The van der Waals surface area contributed by atoms with E-state index in [1.54, 1.807) is 0 Å². The van der Waals surface area contributed by atoms with Crippen molar-refractivity contribution in [3.63, 3.8) is 0 Å². The number of rotatable bonds is 5. The van der Waals surface area contributed by atoms with E-state index < -0.39 is 0 Å². The predicted molar refractivity (Wildman–Crippen MR) is 81.0 cm³/mol. The summed E-state index contributed by atoms with van der Waals surface area (Å²) in [5.41, 5.74) is 1.12. The fourth-order valence-corrected chi connectivity index (χ4v) is 3.05. The highest BCUT2D eigenvalue weighted by atomic mass is 35.5.